The van der Waals surface area contributed by atoms with Crippen LogP contribution < -0.4 is 14.9 Å². The van der Waals surface area contributed by atoms with Crippen LogP contribution in [0.15, 0.2) is 84.0 Å². The highest BCUT2D eigenvalue weighted by Gasteiger charge is 2.06. The number of non-ortho nitro benzene ring substituents is 1. The lowest BCUT2D eigenvalue weighted by atomic mass is 10.2. The van der Waals surface area contributed by atoms with Crippen molar-refractivity contribution in [3.63, 3.8) is 0 Å². The summed E-state index contributed by atoms with van der Waals surface area (Å²) in [5.74, 6) is 0.798. The molecule has 0 radical (unpaired) electrons. The molecule has 0 fully saturated rings. The fraction of sp³-hybridized carbons (Fsp3) is 0.0909. The van der Waals surface area contributed by atoms with E-state index in [0.29, 0.717) is 22.6 Å². The van der Waals surface area contributed by atoms with Gasteiger partial charge in [-0.15, -0.1) is 0 Å². The molecular formula is C22H19N3O5. The number of nitro groups is 1. The van der Waals surface area contributed by atoms with Crippen molar-refractivity contribution < 1.29 is 19.2 Å². The van der Waals surface area contributed by atoms with Crippen molar-refractivity contribution >= 4 is 17.8 Å². The number of amides is 1. The smallest absolute Gasteiger partial charge is 0.271 e. The van der Waals surface area contributed by atoms with Crippen LogP contribution in [0.4, 0.5) is 5.69 Å². The third kappa shape index (κ3) is 5.90. The quantitative estimate of drug-likeness (QED) is 0.252. The minimum absolute atomic E-state index is 0.00571. The number of para-hydroxylation sites is 1. The van der Waals surface area contributed by atoms with Crippen LogP contribution >= 0.6 is 0 Å². The zero-order chi connectivity index (χ0) is 21.2. The molecule has 3 aromatic carbocycles. The summed E-state index contributed by atoms with van der Waals surface area (Å²) in [5.41, 5.74) is 3.70. The molecule has 1 amide bonds. The molecule has 0 bridgehead atoms. The summed E-state index contributed by atoms with van der Waals surface area (Å²) < 4.78 is 11.3. The first kappa shape index (κ1) is 20.5. The van der Waals surface area contributed by atoms with E-state index >= 15 is 0 Å². The van der Waals surface area contributed by atoms with Gasteiger partial charge in [0.1, 0.15) is 24.7 Å². The number of ether oxygens (including phenoxy) is 2. The summed E-state index contributed by atoms with van der Waals surface area (Å²) in [6, 6.07) is 21.9. The number of carbonyl (C=O) groups is 1. The minimum atomic E-state index is -0.465. The van der Waals surface area contributed by atoms with Gasteiger partial charge < -0.3 is 9.47 Å². The fourth-order valence-electron chi connectivity index (χ4n) is 2.51. The third-order valence-electron chi connectivity index (χ3n) is 3.98. The number of rotatable bonds is 9. The Labute approximate surface area is 172 Å². The Hall–Kier alpha value is -4.20. The third-order valence-corrected chi connectivity index (χ3v) is 3.98. The SMILES string of the molecule is O=C(NN=Cc1ccccc1OCCOc1ccc([N+](=O)[O-])cc1)c1ccccc1. The summed E-state index contributed by atoms with van der Waals surface area (Å²) in [6.45, 7) is 0.520. The second-order valence-corrected chi connectivity index (χ2v) is 6.05. The highest BCUT2D eigenvalue weighted by atomic mass is 16.6. The Balaban J connectivity index is 1.50. The van der Waals surface area contributed by atoms with E-state index in [4.69, 9.17) is 9.47 Å². The van der Waals surface area contributed by atoms with Crippen LogP contribution in [-0.4, -0.2) is 30.3 Å². The molecule has 8 nitrogen and oxygen atoms in total. The van der Waals surface area contributed by atoms with Gasteiger partial charge in [-0.1, -0.05) is 30.3 Å². The molecule has 30 heavy (non-hydrogen) atoms. The second kappa shape index (κ2) is 10.4. The molecule has 3 aromatic rings. The molecule has 8 heteroatoms. The number of nitro benzene ring substituents is 1. The van der Waals surface area contributed by atoms with E-state index in [1.165, 1.54) is 30.5 Å². The van der Waals surface area contributed by atoms with Crippen LogP contribution in [-0.2, 0) is 0 Å². The summed E-state index contributed by atoms with van der Waals surface area (Å²) in [4.78, 5) is 22.2. The predicted molar refractivity (Wildman–Crippen MR) is 112 cm³/mol. The monoisotopic (exact) mass is 405 g/mol. The maximum absolute atomic E-state index is 12.0. The van der Waals surface area contributed by atoms with E-state index < -0.39 is 4.92 Å². The number of hydrazone groups is 1. The average molecular weight is 405 g/mol. The van der Waals surface area contributed by atoms with Gasteiger partial charge in [-0.3, -0.25) is 14.9 Å². The van der Waals surface area contributed by atoms with Crippen molar-refractivity contribution in [1.29, 1.82) is 0 Å². The number of nitrogens with one attached hydrogen (secondary N) is 1. The number of benzene rings is 3. The molecule has 0 saturated heterocycles. The van der Waals surface area contributed by atoms with Crippen molar-refractivity contribution in [2.45, 2.75) is 0 Å². The van der Waals surface area contributed by atoms with E-state index in [2.05, 4.69) is 10.5 Å². The zero-order valence-electron chi connectivity index (χ0n) is 15.9. The van der Waals surface area contributed by atoms with Crippen molar-refractivity contribution in [3.05, 3.63) is 100 Å². The molecule has 0 heterocycles. The topological polar surface area (TPSA) is 103 Å². The predicted octanol–water partition coefficient (Wildman–Crippen LogP) is 3.82. The van der Waals surface area contributed by atoms with Gasteiger partial charge in [-0.2, -0.15) is 5.10 Å². The highest BCUT2D eigenvalue weighted by molar-refractivity contribution is 5.95. The van der Waals surface area contributed by atoms with E-state index in [1.807, 2.05) is 24.3 Å². The largest absolute Gasteiger partial charge is 0.490 e. The van der Waals surface area contributed by atoms with E-state index in [0.717, 1.165) is 0 Å². The van der Waals surface area contributed by atoms with Crippen LogP contribution in [0.3, 0.4) is 0 Å². The molecule has 0 atom stereocenters. The standard InChI is InChI=1S/C22H19N3O5/c26-22(17-6-2-1-3-7-17)24-23-16-18-8-4-5-9-21(18)30-15-14-29-20-12-10-19(11-13-20)25(27)28/h1-13,16H,14-15H2,(H,24,26). The van der Waals surface area contributed by atoms with Gasteiger partial charge in [0.05, 0.1) is 11.1 Å². The number of carbonyl (C=O) groups excluding carboxylic acids is 1. The van der Waals surface area contributed by atoms with Crippen molar-refractivity contribution in [3.8, 4) is 11.5 Å². The van der Waals surface area contributed by atoms with Crippen LogP contribution in [0, 0.1) is 10.1 Å². The molecule has 0 aromatic heterocycles. The lowest BCUT2D eigenvalue weighted by Gasteiger charge is -2.10. The Bertz CT molecular complexity index is 1020. The molecule has 0 spiro atoms. The van der Waals surface area contributed by atoms with Gasteiger partial charge >= 0.3 is 0 Å². The first-order chi connectivity index (χ1) is 14.6. The summed E-state index contributed by atoms with van der Waals surface area (Å²) >= 11 is 0. The Kier molecular flexibility index (Phi) is 7.10. The van der Waals surface area contributed by atoms with Crippen molar-refractivity contribution in [2.75, 3.05) is 13.2 Å². The van der Waals surface area contributed by atoms with E-state index in [9.17, 15) is 14.9 Å². The van der Waals surface area contributed by atoms with Crippen molar-refractivity contribution in [1.82, 2.24) is 5.43 Å². The average Bonchev–Trinajstić information content (AvgIpc) is 2.78. The molecule has 0 aliphatic rings. The van der Waals surface area contributed by atoms with Crippen LogP contribution in [0.25, 0.3) is 0 Å². The van der Waals surface area contributed by atoms with Gasteiger partial charge in [0.2, 0.25) is 0 Å². The molecule has 3 rings (SSSR count). The van der Waals surface area contributed by atoms with Crippen LogP contribution in [0.2, 0.25) is 0 Å². The summed E-state index contributed by atoms with van der Waals surface area (Å²) in [6.07, 6.45) is 1.51. The van der Waals surface area contributed by atoms with Gasteiger partial charge in [0.25, 0.3) is 11.6 Å². The molecule has 0 aliphatic heterocycles. The maximum Gasteiger partial charge on any atom is 0.271 e. The molecule has 1 N–H and O–H groups in total. The van der Waals surface area contributed by atoms with Crippen LogP contribution in [0.1, 0.15) is 15.9 Å². The maximum atomic E-state index is 12.0. The zero-order valence-corrected chi connectivity index (χ0v) is 15.9. The fourth-order valence-corrected chi connectivity index (χ4v) is 2.51. The van der Waals surface area contributed by atoms with Crippen LogP contribution in [0.5, 0.6) is 11.5 Å². The molecule has 152 valence electrons. The normalized spacial score (nSPS) is 10.5. The lowest BCUT2D eigenvalue weighted by molar-refractivity contribution is -0.384. The van der Waals surface area contributed by atoms with Gasteiger partial charge in [-0.25, -0.2) is 5.43 Å². The van der Waals surface area contributed by atoms with E-state index in [1.54, 1.807) is 30.3 Å². The molecule has 0 saturated carbocycles. The first-order valence-electron chi connectivity index (χ1n) is 9.11. The first-order valence-corrected chi connectivity index (χ1v) is 9.11. The minimum Gasteiger partial charge on any atom is -0.490 e. The lowest BCUT2D eigenvalue weighted by Crippen LogP contribution is -2.17. The second-order valence-electron chi connectivity index (χ2n) is 6.05. The molecule has 0 aliphatic carbocycles. The Morgan fingerprint density at radius 3 is 2.33 bits per heavy atom. The van der Waals surface area contributed by atoms with Gasteiger partial charge in [-0.05, 0) is 36.4 Å². The van der Waals surface area contributed by atoms with Gasteiger partial charge in [0, 0.05) is 23.3 Å². The van der Waals surface area contributed by atoms with Crippen molar-refractivity contribution in [2.24, 2.45) is 5.10 Å². The van der Waals surface area contributed by atoms with E-state index in [-0.39, 0.29) is 24.8 Å². The molecular weight excluding hydrogens is 386 g/mol. The summed E-state index contributed by atoms with van der Waals surface area (Å²) in [7, 11) is 0. The molecule has 0 unspecified atom stereocenters. The van der Waals surface area contributed by atoms with Gasteiger partial charge in [0.15, 0.2) is 0 Å². The summed E-state index contributed by atoms with van der Waals surface area (Å²) in [5, 5.41) is 14.6. The Morgan fingerprint density at radius 1 is 0.933 bits per heavy atom. The highest BCUT2D eigenvalue weighted by Crippen LogP contribution is 2.18. The number of hydrogen-bond donors (Lipinski definition) is 1. The number of hydrogen-bond acceptors (Lipinski definition) is 6. The number of nitrogens with zero attached hydrogens (tertiary/aromatic N) is 2. The Morgan fingerprint density at radius 2 is 1.60 bits per heavy atom.